The number of aliphatic carboxylic acids is 1. The molecule has 1 fully saturated rings. The molecule has 0 saturated carbocycles. The lowest BCUT2D eigenvalue weighted by molar-refractivity contribution is -0.146. The van der Waals surface area contributed by atoms with Crippen molar-refractivity contribution in [1.29, 1.82) is 0 Å². The summed E-state index contributed by atoms with van der Waals surface area (Å²) in [6.45, 7) is 3.20. The first-order valence-corrected chi connectivity index (χ1v) is 7.70. The molecule has 0 unspecified atom stereocenters. The van der Waals surface area contributed by atoms with E-state index in [1.807, 2.05) is 35.2 Å². The van der Waals surface area contributed by atoms with E-state index in [0.29, 0.717) is 25.9 Å². The Morgan fingerprint density at radius 2 is 1.86 bits per heavy atom. The van der Waals surface area contributed by atoms with Crippen LogP contribution in [0.5, 0.6) is 0 Å². The molecule has 1 saturated heterocycles. The number of carbonyl (C=O) groups is 2. The molecular weight excluding hydrogens is 266 g/mol. The summed E-state index contributed by atoms with van der Waals surface area (Å²) in [5, 5.41) is 9.03. The summed E-state index contributed by atoms with van der Waals surface area (Å²) in [6, 6.07) is 9.88. The van der Waals surface area contributed by atoms with Crippen LogP contribution in [-0.4, -0.2) is 35.0 Å². The Kier molecular flexibility index (Phi) is 5.37. The Hall–Kier alpha value is -1.84. The van der Waals surface area contributed by atoms with Gasteiger partial charge in [-0.25, -0.2) is 0 Å². The number of nitrogens with zero attached hydrogens (tertiary/aromatic N) is 1. The predicted molar refractivity (Wildman–Crippen MR) is 81.0 cm³/mol. The van der Waals surface area contributed by atoms with E-state index in [9.17, 15) is 9.59 Å². The van der Waals surface area contributed by atoms with E-state index >= 15 is 0 Å². The Bertz CT molecular complexity index is 478. The SMILES string of the molecule is CCC[C@@H](C(=O)N1CCC(C(=O)O)CC1)c1ccccc1. The number of rotatable bonds is 5. The van der Waals surface area contributed by atoms with Crippen LogP contribution in [0.1, 0.15) is 44.1 Å². The summed E-state index contributed by atoms with van der Waals surface area (Å²) >= 11 is 0. The first kappa shape index (κ1) is 15.5. The third kappa shape index (κ3) is 3.84. The molecule has 1 aromatic rings. The summed E-state index contributed by atoms with van der Waals surface area (Å²) in [7, 11) is 0. The Labute approximate surface area is 125 Å². The van der Waals surface area contributed by atoms with Gasteiger partial charge in [-0.05, 0) is 24.8 Å². The number of carboxylic acid groups (broad SMARTS) is 1. The van der Waals surface area contributed by atoms with Crippen molar-refractivity contribution in [3.8, 4) is 0 Å². The van der Waals surface area contributed by atoms with Gasteiger partial charge in [0.25, 0.3) is 0 Å². The average molecular weight is 289 g/mol. The predicted octanol–water partition coefficient (Wildman–Crippen LogP) is 2.89. The van der Waals surface area contributed by atoms with Gasteiger partial charge in [-0.1, -0.05) is 43.7 Å². The first-order valence-electron chi connectivity index (χ1n) is 7.70. The maximum Gasteiger partial charge on any atom is 0.306 e. The summed E-state index contributed by atoms with van der Waals surface area (Å²) in [5.41, 5.74) is 1.06. The highest BCUT2D eigenvalue weighted by Crippen LogP contribution is 2.26. The highest BCUT2D eigenvalue weighted by Gasteiger charge is 2.30. The van der Waals surface area contributed by atoms with E-state index in [4.69, 9.17) is 5.11 Å². The lowest BCUT2D eigenvalue weighted by Gasteiger charge is -2.33. The largest absolute Gasteiger partial charge is 0.481 e. The second kappa shape index (κ2) is 7.25. The minimum atomic E-state index is -0.740. The summed E-state index contributed by atoms with van der Waals surface area (Å²) in [6.07, 6.45) is 2.92. The zero-order valence-corrected chi connectivity index (χ0v) is 12.5. The topological polar surface area (TPSA) is 57.6 Å². The van der Waals surface area contributed by atoms with E-state index in [0.717, 1.165) is 18.4 Å². The fraction of sp³-hybridized carbons (Fsp3) is 0.529. The molecule has 0 bridgehead atoms. The summed E-state index contributed by atoms with van der Waals surface area (Å²) in [5.74, 6) is -0.991. The van der Waals surface area contributed by atoms with Crippen LogP contribution in [0.15, 0.2) is 30.3 Å². The fourth-order valence-corrected chi connectivity index (χ4v) is 2.97. The molecule has 1 aliphatic heterocycles. The molecule has 0 aromatic heterocycles. The molecule has 1 aromatic carbocycles. The molecule has 1 atom stereocenters. The minimum absolute atomic E-state index is 0.0995. The standard InChI is InChI=1S/C17H23NO3/c1-2-6-15(13-7-4-3-5-8-13)16(19)18-11-9-14(10-12-18)17(20)21/h3-5,7-8,14-15H,2,6,9-12H2,1H3,(H,20,21)/t15-/m1/s1. The van der Waals surface area contributed by atoms with Crippen LogP contribution in [0.3, 0.4) is 0 Å². The molecule has 21 heavy (non-hydrogen) atoms. The number of likely N-dealkylation sites (tertiary alicyclic amines) is 1. The maximum atomic E-state index is 12.7. The third-order valence-corrected chi connectivity index (χ3v) is 4.23. The van der Waals surface area contributed by atoms with Gasteiger partial charge in [-0.3, -0.25) is 9.59 Å². The molecule has 4 nitrogen and oxygen atoms in total. The van der Waals surface area contributed by atoms with Crippen molar-refractivity contribution in [2.24, 2.45) is 5.92 Å². The lowest BCUT2D eigenvalue weighted by atomic mass is 9.91. The number of benzene rings is 1. The number of hydrogen-bond donors (Lipinski definition) is 1. The van der Waals surface area contributed by atoms with Crippen LogP contribution in [0.25, 0.3) is 0 Å². The van der Waals surface area contributed by atoms with Gasteiger partial charge < -0.3 is 10.0 Å². The zero-order valence-electron chi connectivity index (χ0n) is 12.5. The van der Waals surface area contributed by atoms with Crippen molar-refractivity contribution in [3.63, 3.8) is 0 Å². The minimum Gasteiger partial charge on any atom is -0.481 e. The normalized spacial score (nSPS) is 17.5. The molecule has 0 radical (unpaired) electrons. The van der Waals surface area contributed by atoms with Crippen LogP contribution in [0.4, 0.5) is 0 Å². The van der Waals surface area contributed by atoms with Crippen LogP contribution in [0, 0.1) is 5.92 Å². The van der Waals surface area contributed by atoms with Crippen LogP contribution >= 0.6 is 0 Å². The molecule has 1 amide bonds. The van der Waals surface area contributed by atoms with Gasteiger partial charge in [0.15, 0.2) is 0 Å². The van der Waals surface area contributed by atoms with E-state index in [1.54, 1.807) is 0 Å². The van der Waals surface area contributed by atoms with Gasteiger partial charge in [0.2, 0.25) is 5.91 Å². The summed E-state index contributed by atoms with van der Waals surface area (Å²) in [4.78, 5) is 25.6. The smallest absolute Gasteiger partial charge is 0.306 e. The van der Waals surface area contributed by atoms with Crippen molar-refractivity contribution in [3.05, 3.63) is 35.9 Å². The molecule has 114 valence electrons. The van der Waals surface area contributed by atoms with E-state index in [-0.39, 0.29) is 17.7 Å². The second-order valence-electron chi connectivity index (χ2n) is 5.69. The third-order valence-electron chi connectivity index (χ3n) is 4.23. The molecule has 4 heteroatoms. The van der Waals surface area contributed by atoms with Crippen LogP contribution < -0.4 is 0 Å². The zero-order chi connectivity index (χ0) is 15.2. The van der Waals surface area contributed by atoms with Crippen LogP contribution in [0.2, 0.25) is 0 Å². The molecule has 1 N–H and O–H groups in total. The summed E-state index contributed by atoms with van der Waals surface area (Å²) < 4.78 is 0. The quantitative estimate of drug-likeness (QED) is 0.906. The van der Waals surface area contributed by atoms with Crippen molar-refractivity contribution >= 4 is 11.9 Å². The number of piperidine rings is 1. The van der Waals surface area contributed by atoms with E-state index in [2.05, 4.69) is 6.92 Å². The number of carbonyl (C=O) groups excluding carboxylic acids is 1. The van der Waals surface area contributed by atoms with Gasteiger partial charge in [0.05, 0.1) is 11.8 Å². The van der Waals surface area contributed by atoms with Crippen molar-refractivity contribution in [1.82, 2.24) is 4.90 Å². The monoisotopic (exact) mass is 289 g/mol. The Balaban J connectivity index is 2.04. The Morgan fingerprint density at radius 1 is 1.24 bits per heavy atom. The van der Waals surface area contributed by atoms with Crippen LogP contribution in [-0.2, 0) is 9.59 Å². The Morgan fingerprint density at radius 3 is 2.38 bits per heavy atom. The fourth-order valence-electron chi connectivity index (χ4n) is 2.97. The number of amides is 1. The molecule has 1 aliphatic rings. The molecule has 1 heterocycles. The average Bonchev–Trinajstić information content (AvgIpc) is 2.53. The van der Waals surface area contributed by atoms with Gasteiger partial charge >= 0.3 is 5.97 Å². The molecule has 2 rings (SSSR count). The highest BCUT2D eigenvalue weighted by atomic mass is 16.4. The van der Waals surface area contributed by atoms with E-state index < -0.39 is 5.97 Å². The maximum absolute atomic E-state index is 12.7. The van der Waals surface area contributed by atoms with Crippen molar-refractivity contribution in [2.45, 2.75) is 38.5 Å². The highest BCUT2D eigenvalue weighted by molar-refractivity contribution is 5.84. The molecule has 0 spiro atoms. The van der Waals surface area contributed by atoms with Gasteiger partial charge in [0, 0.05) is 13.1 Å². The molecule has 0 aliphatic carbocycles. The van der Waals surface area contributed by atoms with Gasteiger partial charge in [0.1, 0.15) is 0 Å². The van der Waals surface area contributed by atoms with Gasteiger partial charge in [-0.2, -0.15) is 0 Å². The number of hydrogen-bond acceptors (Lipinski definition) is 2. The second-order valence-corrected chi connectivity index (χ2v) is 5.69. The number of carboxylic acids is 1. The lowest BCUT2D eigenvalue weighted by Crippen LogP contribution is -2.42. The van der Waals surface area contributed by atoms with Gasteiger partial charge in [-0.15, -0.1) is 0 Å². The first-order chi connectivity index (χ1) is 10.1. The van der Waals surface area contributed by atoms with E-state index in [1.165, 1.54) is 0 Å². The molecular formula is C17H23NO3. The van der Waals surface area contributed by atoms with Crippen molar-refractivity contribution < 1.29 is 14.7 Å². The van der Waals surface area contributed by atoms with Crippen molar-refractivity contribution in [2.75, 3.05) is 13.1 Å².